The average Bonchev–Trinajstić information content (AvgIpc) is 2.99. The van der Waals surface area contributed by atoms with E-state index in [1.807, 2.05) is 54.6 Å². The molecular formula is C32H26N4O4. The highest BCUT2D eigenvalue weighted by molar-refractivity contribution is 6.08. The monoisotopic (exact) mass is 530 g/mol. The summed E-state index contributed by atoms with van der Waals surface area (Å²) in [5.74, 6) is -0.736. The number of carbonyl (C=O) groups excluding carboxylic acids is 2. The minimum atomic E-state index is -0.660. The summed E-state index contributed by atoms with van der Waals surface area (Å²) in [6.45, 7) is 0.801. The largest absolute Gasteiger partial charge is 0.348 e. The van der Waals surface area contributed by atoms with Gasteiger partial charge in [0.2, 0.25) is 0 Å². The highest BCUT2D eigenvalue weighted by atomic mass is 16.2. The fourth-order valence-electron chi connectivity index (χ4n) is 5.17. The molecule has 0 bridgehead atoms. The van der Waals surface area contributed by atoms with Crippen LogP contribution in [0.15, 0.2) is 107 Å². The first-order valence-corrected chi connectivity index (χ1v) is 13.1. The molecule has 8 heteroatoms. The molecule has 2 amide bonds. The van der Waals surface area contributed by atoms with Crippen molar-refractivity contribution in [1.82, 2.24) is 14.9 Å². The molecule has 40 heavy (non-hydrogen) atoms. The van der Waals surface area contributed by atoms with Crippen LogP contribution in [0.25, 0.3) is 16.6 Å². The Morgan fingerprint density at radius 3 is 2.40 bits per heavy atom. The fourth-order valence-corrected chi connectivity index (χ4v) is 5.17. The summed E-state index contributed by atoms with van der Waals surface area (Å²) in [5.41, 5.74) is 2.52. The Labute approximate surface area is 229 Å². The van der Waals surface area contributed by atoms with Gasteiger partial charge in [0.25, 0.3) is 17.4 Å². The quantitative estimate of drug-likeness (QED) is 0.355. The Balaban J connectivity index is 1.46. The summed E-state index contributed by atoms with van der Waals surface area (Å²) in [4.78, 5) is 58.2. The van der Waals surface area contributed by atoms with Crippen molar-refractivity contribution in [2.45, 2.75) is 19.4 Å². The molecule has 2 N–H and O–H groups in total. The third-order valence-electron chi connectivity index (χ3n) is 7.14. The van der Waals surface area contributed by atoms with Gasteiger partial charge >= 0.3 is 5.69 Å². The minimum Gasteiger partial charge on any atom is -0.348 e. The summed E-state index contributed by atoms with van der Waals surface area (Å²) in [7, 11) is 0. The molecule has 0 atom stereocenters. The van der Waals surface area contributed by atoms with Crippen LogP contribution in [-0.4, -0.2) is 27.9 Å². The van der Waals surface area contributed by atoms with Crippen LogP contribution in [-0.2, 0) is 13.0 Å². The van der Waals surface area contributed by atoms with Gasteiger partial charge in [-0.25, -0.2) is 9.36 Å². The third kappa shape index (κ3) is 4.71. The highest BCUT2D eigenvalue weighted by Crippen LogP contribution is 2.28. The topological polar surface area (TPSA) is 104 Å². The van der Waals surface area contributed by atoms with Gasteiger partial charge in [-0.2, -0.15) is 0 Å². The number of aromatic nitrogens is 2. The lowest BCUT2D eigenvalue weighted by molar-refractivity contribution is 0.0951. The molecule has 6 rings (SSSR count). The standard InChI is InChI=1S/C32H26N4O4/c37-29(33-20-21-9-2-1-3-10-21)23-17-24(30(38)35-16-8-12-22-11-4-7-15-28(22)35)19-25(18-23)36-31(39)26-13-5-6-14-27(26)34-32(36)40/h1-7,9-11,13-15,17-19H,8,12,16,20H2,(H,33,37)(H,34,40). The Kier molecular flexibility index (Phi) is 6.57. The van der Waals surface area contributed by atoms with Crippen LogP contribution in [0.1, 0.15) is 38.3 Å². The number of aromatic amines is 1. The summed E-state index contributed by atoms with van der Waals surface area (Å²) in [5, 5.41) is 3.20. The maximum absolute atomic E-state index is 13.9. The number of fused-ring (bicyclic) bond motifs is 2. The fraction of sp³-hybridized carbons (Fsp3) is 0.125. The number of carbonyl (C=O) groups is 2. The van der Waals surface area contributed by atoms with Crippen molar-refractivity contribution in [3.8, 4) is 5.69 Å². The van der Waals surface area contributed by atoms with Crippen LogP contribution in [0.3, 0.4) is 0 Å². The second kappa shape index (κ2) is 10.5. The molecule has 0 fully saturated rings. The molecule has 1 aromatic heterocycles. The smallest absolute Gasteiger partial charge is 0.333 e. The van der Waals surface area contributed by atoms with Crippen LogP contribution in [0.2, 0.25) is 0 Å². The number of H-pyrrole nitrogens is 1. The molecule has 2 heterocycles. The van der Waals surface area contributed by atoms with Crippen molar-refractivity contribution in [2.24, 2.45) is 0 Å². The summed E-state index contributed by atoms with van der Waals surface area (Å²) in [6.07, 6.45) is 1.67. The second-order valence-corrected chi connectivity index (χ2v) is 9.74. The zero-order chi connectivity index (χ0) is 27.6. The number of hydrogen-bond acceptors (Lipinski definition) is 4. The highest BCUT2D eigenvalue weighted by Gasteiger charge is 2.25. The van der Waals surface area contributed by atoms with Crippen molar-refractivity contribution in [3.05, 3.63) is 140 Å². The van der Waals surface area contributed by atoms with Crippen LogP contribution in [0, 0.1) is 0 Å². The van der Waals surface area contributed by atoms with E-state index in [0.717, 1.165) is 34.2 Å². The van der Waals surface area contributed by atoms with E-state index in [1.165, 1.54) is 18.2 Å². The number of para-hydroxylation sites is 2. The molecule has 198 valence electrons. The van der Waals surface area contributed by atoms with Crippen LogP contribution < -0.4 is 21.5 Å². The summed E-state index contributed by atoms with van der Waals surface area (Å²) < 4.78 is 0.969. The number of nitrogens with zero attached hydrogens (tertiary/aromatic N) is 2. The molecule has 0 saturated heterocycles. The average molecular weight is 531 g/mol. The Hall–Kier alpha value is -5.24. The third-order valence-corrected chi connectivity index (χ3v) is 7.14. The van der Waals surface area contributed by atoms with E-state index in [1.54, 1.807) is 29.2 Å². The van der Waals surface area contributed by atoms with Gasteiger partial charge in [-0.3, -0.25) is 14.4 Å². The van der Waals surface area contributed by atoms with Gasteiger partial charge in [-0.05, 0) is 60.4 Å². The molecule has 4 aromatic carbocycles. The second-order valence-electron chi connectivity index (χ2n) is 9.74. The van der Waals surface area contributed by atoms with Crippen molar-refractivity contribution < 1.29 is 9.59 Å². The van der Waals surface area contributed by atoms with E-state index in [0.29, 0.717) is 17.4 Å². The van der Waals surface area contributed by atoms with Gasteiger partial charge in [-0.1, -0.05) is 60.7 Å². The summed E-state index contributed by atoms with van der Waals surface area (Å²) in [6, 6.07) is 28.4. The minimum absolute atomic E-state index is 0.137. The Morgan fingerprint density at radius 1 is 0.825 bits per heavy atom. The van der Waals surface area contributed by atoms with Gasteiger partial charge in [0.15, 0.2) is 0 Å². The molecule has 0 radical (unpaired) electrons. The van der Waals surface area contributed by atoms with Crippen LogP contribution >= 0.6 is 0 Å². The van der Waals surface area contributed by atoms with E-state index < -0.39 is 17.2 Å². The van der Waals surface area contributed by atoms with Crippen molar-refractivity contribution in [2.75, 3.05) is 11.4 Å². The van der Waals surface area contributed by atoms with Crippen LogP contribution in [0.5, 0.6) is 0 Å². The molecular weight excluding hydrogens is 504 g/mol. The van der Waals surface area contributed by atoms with Gasteiger partial charge in [0.05, 0.1) is 16.6 Å². The predicted octanol–water partition coefficient (Wildman–Crippen LogP) is 4.20. The first-order chi connectivity index (χ1) is 19.5. The van der Waals surface area contributed by atoms with E-state index >= 15 is 0 Å². The SMILES string of the molecule is O=C(NCc1ccccc1)c1cc(C(=O)N2CCCc3ccccc32)cc(-n2c(=O)[nH]c3ccccc3c2=O)c1. The predicted molar refractivity (Wildman–Crippen MR) is 154 cm³/mol. The van der Waals surface area contributed by atoms with Gasteiger partial charge < -0.3 is 15.2 Å². The van der Waals surface area contributed by atoms with Gasteiger partial charge in [-0.15, -0.1) is 0 Å². The molecule has 0 unspecified atom stereocenters. The number of amides is 2. The molecule has 1 aliphatic rings. The van der Waals surface area contributed by atoms with Crippen molar-refractivity contribution in [1.29, 1.82) is 0 Å². The maximum atomic E-state index is 13.9. The number of nitrogens with one attached hydrogen (secondary N) is 2. The van der Waals surface area contributed by atoms with Crippen LogP contribution in [0.4, 0.5) is 5.69 Å². The van der Waals surface area contributed by atoms with Gasteiger partial charge in [0, 0.05) is 29.9 Å². The lowest BCUT2D eigenvalue weighted by atomic mass is 10.00. The van der Waals surface area contributed by atoms with E-state index in [9.17, 15) is 19.2 Å². The van der Waals surface area contributed by atoms with Crippen molar-refractivity contribution in [3.63, 3.8) is 0 Å². The number of benzene rings is 4. The normalized spacial score (nSPS) is 12.7. The Bertz CT molecular complexity index is 1870. The molecule has 1 aliphatic heterocycles. The maximum Gasteiger partial charge on any atom is 0.333 e. The number of anilines is 1. The molecule has 5 aromatic rings. The molecule has 8 nitrogen and oxygen atoms in total. The number of rotatable bonds is 5. The van der Waals surface area contributed by atoms with E-state index in [4.69, 9.17) is 0 Å². The van der Waals surface area contributed by atoms with Gasteiger partial charge in [0.1, 0.15) is 0 Å². The zero-order valence-electron chi connectivity index (χ0n) is 21.6. The zero-order valence-corrected chi connectivity index (χ0v) is 21.6. The number of aryl methyl sites for hydroxylation is 1. The Morgan fingerprint density at radius 2 is 1.55 bits per heavy atom. The first kappa shape index (κ1) is 25.1. The molecule has 0 saturated carbocycles. The van der Waals surface area contributed by atoms with Crippen molar-refractivity contribution >= 4 is 28.4 Å². The molecule has 0 spiro atoms. The molecule has 0 aliphatic carbocycles. The summed E-state index contributed by atoms with van der Waals surface area (Å²) >= 11 is 0. The lowest BCUT2D eigenvalue weighted by Crippen LogP contribution is -2.37. The van der Waals surface area contributed by atoms with E-state index in [-0.39, 0.29) is 29.3 Å². The first-order valence-electron chi connectivity index (χ1n) is 13.1. The number of hydrogen-bond donors (Lipinski definition) is 2. The van der Waals surface area contributed by atoms with E-state index in [2.05, 4.69) is 10.3 Å². The lowest BCUT2D eigenvalue weighted by Gasteiger charge is -2.29.